The number of nitrogens with one attached hydrogen (secondary N) is 1. The maximum absolute atomic E-state index is 5.83. The van der Waals surface area contributed by atoms with Crippen molar-refractivity contribution in [2.24, 2.45) is 0 Å². The predicted octanol–water partition coefficient (Wildman–Crippen LogP) is 1.61. The first-order valence-corrected chi connectivity index (χ1v) is 5.11. The van der Waals surface area contributed by atoms with E-state index in [0.29, 0.717) is 12.3 Å². The quantitative estimate of drug-likeness (QED) is 0.762. The number of hydrogen-bond donors (Lipinski definition) is 2. The number of nitrogen functional groups attached to an aromatic ring is 1. The number of aromatic nitrogens is 2. The number of anilines is 2. The third-order valence-electron chi connectivity index (χ3n) is 2.27. The van der Waals surface area contributed by atoms with E-state index in [9.17, 15) is 0 Å². The summed E-state index contributed by atoms with van der Waals surface area (Å²) in [4.78, 5) is 3.94. The molecule has 0 fully saturated rings. The van der Waals surface area contributed by atoms with Crippen LogP contribution in [-0.4, -0.2) is 16.7 Å². The number of nitrogens with two attached hydrogens (primary N) is 1. The lowest BCUT2D eigenvalue weighted by molar-refractivity contribution is 0.380. The van der Waals surface area contributed by atoms with Gasteiger partial charge in [-0.2, -0.15) is 4.98 Å². The molecule has 1 heterocycles. The molecule has 16 heavy (non-hydrogen) atoms. The Morgan fingerprint density at radius 2 is 2.31 bits per heavy atom. The lowest BCUT2D eigenvalue weighted by Gasteiger charge is -2.08. The van der Waals surface area contributed by atoms with Gasteiger partial charge in [-0.25, -0.2) is 0 Å². The van der Waals surface area contributed by atoms with Crippen LogP contribution < -0.4 is 11.1 Å². The first-order valence-electron chi connectivity index (χ1n) is 5.11. The van der Waals surface area contributed by atoms with Gasteiger partial charge in [-0.3, -0.25) is 0 Å². The van der Waals surface area contributed by atoms with Crippen LogP contribution in [0.5, 0.6) is 0 Å². The van der Waals surface area contributed by atoms with Crippen LogP contribution in [0.1, 0.15) is 11.5 Å². The Hall–Kier alpha value is -2.04. The van der Waals surface area contributed by atoms with Crippen molar-refractivity contribution in [3.05, 3.63) is 36.0 Å². The van der Waals surface area contributed by atoms with Crippen molar-refractivity contribution in [2.45, 2.75) is 13.3 Å². The molecule has 0 radical (unpaired) electrons. The summed E-state index contributed by atoms with van der Waals surface area (Å²) in [5, 5.41) is 6.78. The molecule has 1 aromatic heterocycles. The zero-order valence-corrected chi connectivity index (χ0v) is 9.10. The fourth-order valence-corrected chi connectivity index (χ4v) is 1.43. The molecule has 2 rings (SSSR count). The normalized spacial score (nSPS) is 10.3. The summed E-state index contributed by atoms with van der Waals surface area (Å²) in [5.41, 5.74) is 8.70. The van der Waals surface area contributed by atoms with Crippen molar-refractivity contribution in [3.63, 3.8) is 0 Å². The minimum atomic E-state index is 0.624. The molecule has 0 aliphatic carbocycles. The zero-order valence-electron chi connectivity index (χ0n) is 9.10. The average molecular weight is 218 g/mol. The van der Waals surface area contributed by atoms with Crippen LogP contribution in [0.2, 0.25) is 0 Å². The lowest BCUT2D eigenvalue weighted by Crippen LogP contribution is -2.07. The van der Waals surface area contributed by atoms with Crippen molar-refractivity contribution >= 4 is 11.4 Å². The summed E-state index contributed by atoms with van der Waals surface area (Å²) < 4.78 is 4.89. The number of aryl methyl sites for hydroxylation is 1. The fraction of sp³-hybridized carbons (Fsp3) is 0.273. The Kier molecular flexibility index (Phi) is 3.05. The molecular weight excluding hydrogens is 204 g/mol. The number of nitrogens with zero attached hydrogens (tertiary/aromatic N) is 2. The summed E-state index contributed by atoms with van der Waals surface area (Å²) in [6.45, 7) is 2.75. The monoisotopic (exact) mass is 218 g/mol. The molecule has 0 bridgehead atoms. The largest absolute Gasteiger partial charge is 0.397 e. The highest BCUT2D eigenvalue weighted by molar-refractivity contribution is 5.66. The maximum Gasteiger partial charge on any atom is 0.228 e. The summed E-state index contributed by atoms with van der Waals surface area (Å²) in [5.74, 6) is 0.624. The second kappa shape index (κ2) is 4.65. The number of rotatable bonds is 4. The SMILES string of the molecule is Cc1ccc(N)c(NCCc2ncno2)c1. The molecule has 0 spiro atoms. The van der Waals surface area contributed by atoms with Crippen LogP contribution in [-0.2, 0) is 6.42 Å². The van der Waals surface area contributed by atoms with Crippen LogP contribution >= 0.6 is 0 Å². The third-order valence-corrected chi connectivity index (χ3v) is 2.27. The molecule has 0 aliphatic heterocycles. The topological polar surface area (TPSA) is 77.0 Å². The van der Waals surface area contributed by atoms with Crippen LogP contribution in [0.15, 0.2) is 29.0 Å². The van der Waals surface area contributed by atoms with E-state index in [1.807, 2.05) is 25.1 Å². The lowest BCUT2D eigenvalue weighted by atomic mass is 10.2. The molecule has 0 unspecified atom stereocenters. The fourth-order valence-electron chi connectivity index (χ4n) is 1.43. The second-order valence-corrected chi connectivity index (χ2v) is 3.60. The van der Waals surface area contributed by atoms with E-state index in [1.165, 1.54) is 11.9 Å². The molecule has 0 saturated carbocycles. The van der Waals surface area contributed by atoms with Gasteiger partial charge in [0.05, 0.1) is 11.4 Å². The van der Waals surface area contributed by atoms with Crippen molar-refractivity contribution in [1.29, 1.82) is 0 Å². The van der Waals surface area contributed by atoms with Gasteiger partial charge in [0.15, 0.2) is 6.33 Å². The molecule has 0 aliphatic rings. The van der Waals surface area contributed by atoms with Gasteiger partial charge in [0.2, 0.25) is 5.89 Å². The summed E-state index contributed by atoms with van der Waals surface area (Å²) in [7, 11) is 0. The summed E-state index contributed by atoms with van der Waals surface area (Å²) in [6, 6.07) is 5.89. The van der Waals surface area contributed by atoms with Crippen molar-refractivity contribution in [2.75, 3.05) is 17.6 Å². The average Bonchev–Trinajstić information content (AvgIpc) is 2.76. The second-order valence-electron chi connectivity index (χ2n) is 3.60. The molecule has 2 aromatic rings. The summed E-state index contributed by atoms with van der Waals surface area (Å²) >= 11 is 0. The zero-order chi connectivity index (χ0) is 11.4. The van der Waals surface area contributed by atoms with E-state index in [2.05, 4.69) is 15.5 Å². The van der Waals surface area contributed by atoms with Crippen molar-refractivity contribution < 1.29 is 4.52 Å². The van der Waals surface area contributed by atoms with Gasteiger partial charge in [0.1, 0.15) is 0 Å². The van der Waals surface area contributed by atoms with Crippen LogP contribution in [0, 0.1) is 6.92 Å². The third kappa shape index (κ3) is 2.50. The molecule has 1 aromatic carbocycles. The first-order chi connectivity index (χ1) is 7.75. The van der Waals surface area contributed by atoms with E-state index < -0.39 is 0 Å². The maximum atomic E-state index is 5.83. The standard InChI is InChI=1S/C11H14N4O/c1-8-2-3-9(12)10(6-8)13-5-4-11-14-7-15-16-11/h2-3,6-7,13H,4-5,12H2,1H3. The molecule has 5 nitrogen and oxygen atoms in total. The van der Waals surface area contributed by atoms with Gasteiger partial charge < -0.3 is 15.6 Å². The van der Waals surface area contributed by atoms with Gasteiger partial charge in [-0.15, -0.1) is 0 Å². The van der Waals surface area contributed by atoms with Gasteiger partial charge in [-0.05, 0) is 24.6 Å². The molecule has 0 atom stereocenters. The number of hydrogen-bond acceptors (Lipinski definition) is 5. The van der Waals surface area contributed by atoms with Gasteiger partial charge in [0.25, 0.3) is 0 Å². The Bertz CT molecular complexity index is 453. The molecule has 5 heteroatoms. The van der Waals surface area contributed by atoms with E-state index in [-0.39, 0.29) is 0 Å². The highest BCUT2D eigenvalue weighted by Crippen LogP contribution is 2.19. The molecule has 3 N–H and O–H groups in total. The van der Waals surface area contributed by atoms with Crippen molar-refractivity contribution in [3.8, 4) is 0 Å². The Balaban J connectivity index is 1.92. The van der Waals surface area contributed by atoms with Crippen LogP contribution in [0.4, 0.5) is 11.4 Å². The van der Waals surface area contributed by atoms with E-state index in [1.54, 1.807) is 0 Å². The number of benzene rings is 1. The van der Waals surface area contributed by atoms with Crippen molar-refractivity contribution in [1.82, 2.24) is 10.1 Å². The Morgan fingerprint density at radius 1 is 1.44 bits per heavy atom. The van der Waals surface area contributed by atoms with Crippen LogP contribution in [0.25, 0.3) is 0 Å². The van der Waals surface area contributed by atoms with E-state index in [0.717, 1.165) is 17.9 Å². The highest BCUT2D eigenvalue weighted by atomic mass is 16.5. The van der Waals surface area contributed by atoms with E-state index in [4.69, 9.17) is 10.3 Å². The molecule has 0 saturated heterocycles. The minimum absolute atomic E-state index is 0.624. The molecular formula is C11H14N4O. The van der Waals surface area contributed by atoms with Crippen LogP contribution in [0.3, 0.4) is 0 Å². The Labute approximate surface area is 93.7 Å². The van der Waals surface area contributed by atoms with Gasteiger partial charge in [-0.1, -0.05) is 11.2 Å². The minimum Gasteiger partial charge on any atom is -0.397 e. The molecule has 0 amide bonds. The molecule has 84 valence electrons. The smallest absolute Gasteiger partial charge is 0.228 e. The highest BCUT2D eigenvalue weighted by Gasteiger charge is 2.01. The first kappa shape index (κ1) is 10.5. The van der Waals surface area contributed by atoms with E-state index >= 15 is 0 Å². The Morgan fingerprint density at radius 3 is 3.06 bits per heavy atom. The summed E-state index contributed by atoms with van der Waals surface area (Å²) in [6.07, 6.45) is 2.09. The van der Waals surface area contributed by atoms with Gasteiger partial charge >= 0.3 is 0 Å². The van der Waals surface area contributed by atoms with Gasteiger partial charge in [0, 0.05) is 13.0 Å². The predicted molar refractivity (Wildman–Crippen MR) is 62.1 cm³/mol.